The summed E-state index contributed by atoms with van der Waals surface area (Å²) in [5.41, 5.74) is 3.93. The fourth-order valence-electron chi connectivity index (χ4n) is 5.70. The summed E-state index contributed by atoms with van der Waals surface area (Å²) in [5.74, 6) is 2.33. The van der Waals surface area contributed by atoms with E-state index in [-0.39, 0.29) is 7.43 Å². The average Bonchev–Trinajstić information content (AvgIpc) is 3.00. The summed E-state index contributed by atoms with van der Waals surface area (Å²) in [6.07, 6.45) is 6.33. The summed E-state index contributed by atoms with van der Waals surface area (Å²) >= 11 is -0.556. The zero-order valence-electron chi connectivity index (χ0n) is 17.0. The maximum atomic E-state index is 4.89. The van der Waals surface area contributed by atoms with Gasteiger partial charge in [0.1, 0.15) is 8.24 Å². The van der Waals surface area contributed by atoms with Crippen LogP contribution in [0, 0.1) is 19.3 Å². The van der Waals surface area contributed by atoms with Gasteiger partial charge in [0.2, 0.25) is 0 Å². The average molecular weight is 459 g/mol. The number of fused-ring (bicyclic) bond motifs is 3. The van der Waals surface area contributed by atoms with Gasteiger partial charge in [0.25, 0.3) is 0 Å². The molecule has 1 saturated carbocycles. The van der Waals surface area contributed by atoms with Gasteiger partial charge in [0, 0.05) is 0 Å². The Labute approximate surface area is 183 Å². The van der Waals surface area contributed by atoms with Gasteiger partial charge >= 0.3 is 35.6 Å². The van der Waals surface area contributed by atoms with Crippen molar-refractivity contribution in [2.24, 2.45) is 11.8 Å². The van der Waals surface area contributed by atoms with Crippen LogP contribution in [0.25, 0.3) is 11.4 Å². The van der Waals surface area contributed by atoms with E-state index in [1.807, 2.05) is 0 Å². The summed E-state index contributed by atoms with van der Waals surface area (Å²) in [6.45, 7) is 12.2. The predicted octanol–water partition coefficient (Wildman–Crippen LogP) is 6.54. The first-order valence-corrected chi connectivity index (χ1v) is 16.9. The van der Waals surface area contributed by atoms with E-state index < -0.39 is 25.3 Å². The molecule has 0 bridgehead atoms. The SMILES string of the molecule is CC1CC2c3ccccc3C=CC2C1[Si](C)(C)N1CC[N-]CC1.[CH3-].[Cl][Ti][Cl]. The molecule has 1 heterocycles. The Kier molecular flexibility index (Phi) is 9.14. The first-order valence-electron chi connectivity index (χ1n) is 9.62. The van der Waals surface area contributed by atoms with Crippen LogP contribution in [0.3, 0.4) is 0 Å². The Bertz CT molecular complexity index is 634. The molecule has 1 aliphatic heterocycles. The van der Waals surface area contributed by atoms with Crippen molar-refractivity contribution < 1.29 is 17.0 Å². The quantitative estimate of drug-likeness (QED) is 0.363. The fourth-order valence-corrected chi connectivity index (χ4v) is 10.3. The molecule has 4 atom stereocenters. The Morgan fingerprint density at radius 3 is 2.44 bits per heavy atom. The summed E-state index contributed by atoms with van der Waals surface area (Å²) < 4.78 is 2.85. The van der Waals surface area contributed by atoms with Crippen LogP contribution in [0.2, 0.25) is 18.6 Å². The van der Waals surface area contributed by atoms with E-state index in [1.165, 1.54) is 25.1 Å². The molecule has 150 valence electrons. The van der Waals surface area contributed by atoms with Gasteiger partial charge in [-0.05, 0) is 53.9 Å². The Morgan fingerprint density at radius 1 is 1.15 bits per heavy atom. The van der Waals surface area contributed by atoms with Crippen molar-refractivity contribution in [3.63, 3.8) is 0 Å². The Morgan fingerprint density at radius 2 is 1.78 bits per heavy atom. The topological polar surface area (TPSA) is 17.3 Å². The van der Waals surface area contributed by atoms with E-state index in [2.05, 4.69) is 66.3 Å². The molecule has 27 heavy (non-hydrogen) atoms. The van der Waals surface area contributed by atoms with Gasteiger partial charge in [-0.3, -0.25) is 0 Å². The number of piperazine rings is 1. The van der Waals surface area contributed by atoms with Crippen molar-refractivity contribution in [1.29, 1.82) is 0 Å². The zero-order chi connectivity index (χ0) is 18.7. The van der Waals surface area contributed by atoms with Crippen molar-refractivity contribution in [1.82, 2.24) is 4.57 Å². The van der Waals surface area contributed by atoms with Gasteiger partial charge in [-0.2, -0.15) is 0 Å². The summed E-state index contributed by atoms with van der Waals surface area (Å²) in [5, 5.41) is 4.56. The standard InChI is InChI=1S/C20H29N2Si.CH3.2ClH.Ti/c1-15-14-19-17-7-5-4-6-16(17)8-9-18(19)20(15)23(2,3)22-12-10-21-11-13-22;;;;/h4-9,15,18-20H,10-14H2,1-3H3;1H3;2*1H;/q2*-1;;;+2/p-2. The van der Waals surface area contributed by atoms with Crippen molar-refractivity contribution in [2.45, 2.75) is 37.9 Å². The number of allylic oxidation sites excluding steroid dienone is 1. The van der Waals surface area contributed by atoms with Crippen LogP contribution in [0.5, 0.6) is 0 Å². The van der Waals surface area contributed by atoms with E-state index >= 15 is 0 Å². The second-order valence-corrected chi connectivity index (χ2v) is 15.5. The second-order valence-electron chi connectivity index (χ2n) is 8.29. The first kappa shape index (κ1) is 23.7. The summed E-state index contributed by atoms with van der Waals surface area (Å²) in [4.78, 5) is 0. The Hall–Kier alpha value is 0.391. The third kappa shape index (κ3) is 4.94. The number of halogens is 2. The molecule has 4 rings (SSSR count). The molecule has 0 aromatic heterocycles. The molecule has 3 aliphatic rings. The normalized spacial score (nSPS) is 29.7. The molecule has 2 nitrogen and oxygen atoms in total. The van der Waals surface area contributed by atoms with Gasteiger partial charge < -0.3 is 17.3 Å². The molecule has 1 saturated heterocycles. The molecule has 1 aromatic rings. The number of rotatable bonds is 2. The zero-order valence-corrected chi connectivity index (χ0v) is 21.0. The molecular formula is C21H32Cl2N2SiTi-2. The maximum absolute atomic E-state index is 4.89. The minimum atomic E-state index is -1.44. The van der Waals surface area contributed by atoms with Gasteiger partial charge in [0.15, 0.2) is 0 Å². The first-order chi connectivity index (χ1) is 12.5. The molecular weight excluding hydrogens is 427 g/mol. The second kappa shape index (κ2) is 10.4. The molecule has 1 aromatic carbocycles. The van der Waals surface area contributed by atoms with Gasteiger partial charge in [-0.15, -0.1) is 13.1 Å². The third-order valence-electron chi connectivity index (χ3n) is 6.70. The number of hydrogen-bond donors (Lipinski definition) is 0. The molecule has 0 amide bonds. The molecule has 0 spiro atoms. The van der Waals surface area contributed by atoms with Crippen LogP contribution in [0.4, 0.5) is 0 Å². The van der Waals surface area contributed by atoms with Crippen LogP contribution < -0.4 is 0 Å². The van der Waals surface area contributed by atoms with E-state index in [1.54, 1.807) is 5.56 Å². The Balaban J connectivity index is 0.000000614. The monoisotopic (exact) mass is 458 g/mol. The number of nitrogens with zero attached hydrogens (tertiary/aromatic N) is 2. The number of benzene rings is 1. The van der Waals surface area contributed by atoms with Crippen LogP contribution in [-0.2, 0) is 17.0 Å². The van der Waals surface area contributed by atoms with Crippen LogP contribution in [-0.4, -0.2) is 39.0 Å². The number of hydrogen-bond acceptors (Lipinski definition) is 1. The third-order valence-corrected chi connectivity index (χ3v) is 11.4. The predicted molar refractivity (Wildman–Crippen MR) is 120 cm³/mol. The van der Waals surface area contributed by atoms with Crippen LogP contribution >= 0.6 is 18.6 Å². The van der Waals surface area contributed by atoms with Gasteiger partial charge in [-0.1, -0.05) is 56.4 Å². The van der Waals surface area contributed by atoms with Crippen molar-refractivity contribution >= 4 is 32.9 Å². The van der Waals surface area contributed by atoms with E-state index in [4.69, 9.17) is 18.6 Å². The summed E-state index contributed by atoms with van der Waals surface area (Å²) in [7, 11) is 8.34. The van der Waals surface area contributed by atoms with Crippen molar-refractivity contribution in [3.8, 4) is 0 Å². The van der Waals surface area contributed by atoms with Crippen molar-refractivity contribution in [2.75, 3.05) is 26.2 Å². The van der Waals surface area contributed by atoms with E-state index in [9.17, 15) is 0 Å². The van der Waals surface area contributed by atoms with Gasteiger partial charge in [-0.25, -0.2) is 0 Å². The fraction of sp³-hybridized carbons (Fsp3) is 0.571. The molecule has 0 N–H and O–H groups in total. The van der Waals surface area contributed by atoms with E-state index in [0.717, 1.165) is 36.4 Å². The minimum absolute atomic E-state index is 0. The summed E-state index contributed by atoms with van der Waals surface area (Å²) in [6, 6.07) is 9.06. The van der Waals surface area contributed by atoms with Crippen LogP contribution in [0.1, 0.15) is 30.4 Å². The van der Waals surface area contributed by atoms with Crippen LogP contribution in [0.15, 0.2) is 30.3 Å². The molecule has 0 radical (unpaired) electrons. The molecule has 2 aliphatic carbocycles. The molecule has 4 unspecified atom stereocenters. The van der Waals surface area contributed by atoms with E-state index in [0.29, 0.717) is 0 Å². The molecule has 6 heteroatoms. The van der Waals surface area contributed by atoms with Gasteiger partial charge in [0.05, 0.1) is 0 Å². The molecule has 2 fully saturated rings. The van der Waals surface area contributed by atoms with Crippen molar-refractivity contribution in [3.05, 3.63) is 54.2 Å².